The first-order valence-electron chi connectivity index (χ1n) is 9.88. The van der Waals surface area contributed by atoms with Crippen LogP contribution in [0.25, 0.3) is 0 Å². The molecule has 1 aliphatic rings. The largest absolute Gasteiger partial charge is 0.333 e. The zero-order chi connectivity index (χ0) is 21.1. The predicted octanol–water partition coefficient (Wildman–Crippen LogP) is 3.79. The van der Waals surface area contributed by atoms with Crippen molar-refractivity contribution in [3.05, 3.63) is 72.3 Å². The number of rotatable bonds is 5. The van der Waals surface area contributed by atoms with Crippen LogP contribution in [0, 0.1) is 5.82 Å². The smallest absolute Gasteiger partial charge is 0.233 e. The fraction of sp³-hybridized carbons (Fsp3) is 0.318. The number of nitrogens with zero attached hydrogens (tertiary/aromatic N) is 5. The van der Waals surface area contributed by atoms with Crippen molar-refractivity contribution in [2.24, 2.45) is 0 Å². The number of amides is 1. The van der Waals surface area contributed by atoms with Gasteiger partial charge in [0.15, 0.2) is 0 Å². The van der Waals surface area contributed by atoms with E-state index in [-0.39, 0.29) is 17.8 Å². The highest BCUT2D eigenvalue weighted by atomic mass is 19.1. The minimum Gasteiger partial charge on any atom is -0.333 e. The van der Waals surface area contributed by atoms with Crippen molar-refractivity contribution in [2.45, 2.75) is 38.1 Å². The molecule has 0 bridgehead atoms. The summed E-state index contributed by atoms with van der Waals surface area (Å²) in [6.07, 6.45) is 9.68. The van der Waals surface area contributed by atoms with E-state index in [0.717, 1.165) is 12.8 Å². The molecule has 1 amide bonds. The molecule has 1 aromatic carbocycles. The second kappa shape index (κ2) is 8.14. The van der Waals surface area contributed by atoms with Crippen molar-refractivity contribution in [1.29, 1.82) is 0 Å². The average Bonchev–Trinajstić information content (AvgIpc) is 3.24. The first-order chi connectivity index (χ1) is 14.5. The Kier molecular flexibility index (Phi) is 5.39. The van der Waals surface area contributed by atoms with E-state index in [1.807, 2.05) is 0 Å². The first-order valence-corrected chi connectivity index (χ1v) is 9.88. The van der Waals surface area contributed by atoms with Crippen LogP contribution in [0.3, 0.4) is 0 Å². The molecule has 1 atom stereocenters. The number of halogens is 1. The Morgan fingerprint density at radius 3 is 2.70 bits per heavy atom. The molecule has 0 saturated carbocycles. The fourth-order valence-electron chi connectivity index (χ4n) is 3.86. The number of carbonyl (C=O) groups excluding carboxylic acids is 1. The van der Waals surface area contributed by atoms with Gasteiger partial charge in [-0.2, -0.15) is 0 Å². The summed E-state index contributed by atoms with van der Waals surface area (Å²) in [5, 5.41) is 3.08. The molecule has 3 heterocycles. The number of carbonyl (C=O) groups is 1. The molecule has 0 spiro atoms. The lowest BCUT2D eigenvalue weighted by Gasteiger charge is -2.33. The Labute approximate surface area is 174 Å². The van der Waals surface area contributed by atoms with Gasteiger partial charge in [-0.15, -0.1) is 0 Å². The topological polar surface area (TPSA) is 83.9 Å². The Morgan fingerprint density at radius 1 is 1.13 bits per heavy atom. The van der Waals surface area contributed by atoms with Crippen molar-refractivity contribution in [3.8, 4) is 0 Å². The van der Waals surface area contributed by atoms with Gasteiger partial charge < -0.3 is 10.2 Å². The summed E-state index contributed by atoms with van der Waals surface area (Å²) in [6, 6.07) is 6.23. The molecule has 1 N–H and O–H groups in total. The monoisotopic (exact) mass is 406 g/mol. The average molecular weight is 406 g/mol. The Hall–Kier alpha value is -3.42. The van der Waals surface area contributed by atoms with Crippen molar-refractivity contribution in [2.75, 3.05) is 11.9 Å². The van der Waals surface area contributed by atoms with Crippen LogP contribution < -0.4 is 5.32 Å². The van der Waals surface area contributed by atoms with Crippen LogP contribution in [0.4, 0.5) is 16.0 Å². The van der Waals surface area contributed by atoms with Crippen molar-refractivity contribution < 1.29 is 9.18 Å². The number of anilines is 2. The van der Waals surface area contributed by atoms with Gasteiger partial charge in [0, 0.05) is 24.5 Å². The lowest BCUT2D eigenvalue weighted by Crippen LogP contribution is -2.43. The zero-order valence-corrected chi connectivity index (χ0v) is 16.9. The molecule has 1 saturated heterocycles. The van der Waals surface area contributed by atoms with Gasteiger partial charge in [0.25, 0.3) is 0 Å². The van der Waals surface area contributed by atoms with Crippen LogP contribution in [0.5, 0.6) is 0 Å². The molecule has 4 rings (SSSR count). The van der Waals surface area contributed by atoms with Crippen LogP contribution in [-0.4, -0.2) is 37.3 Å². The van der Waals surface area contributed by atoms with E-state index in [1.165, 1.54) is 6.07 Å². The maximum absolute atomic E-state index is 14.4. The highest BCUT2D eigenvalue weighted by Crippen LogP contribution is 2.37. The molecule has 0 radical (unpaired) electrons. The van der Waals surface area contributed by atoms with Gasteiger partial charge in [0.05, 0.1) is 35.7 Å². The molecule has 154 valence electrons. The standard InChI is InChI=1S/C22H23FN6O/c1-22(2,15-6-3-4-7-16(15)23)21(30)29-11-5-8-18(29)17-12-25-14-20(27-17)28-19-13-24-9-10-26-19/h3-4,6-7,9-10,12-14,18H,5,8,11H2,1-2H3,(H,26,27,28). The molecule has 2 aromatic heterocycles. The van der Waals surface area contributed by atoms with Gasteiger partial charge in [0.2, 0.25) is 5.91 Å². The Bertz CT molecular complexity index is 1040. The van der Waals surface area contributed by atoms with Crippen molar-refractivity contribution in [1.82, 2.24) is 24.8 Å². The van der Waals surface area contributed by atoms with Gasteiger partial charge in [-0.1, -0.05) is 18.2 Å². The van der Waals surface area contributed by atoms with E-state index in [0.29, 0.717) is 29.4 Å². The summed E-state index contributed by atoms with van der Waals surface area (Å²) in [5.74, 6) is 0.593. The van der Waals surface area contributed by atoms with E-state index in [1.54, 1.807) is 67.9 Å². The Morgan fingerprint density at radius 2 is 1.93 bits per heavy atom. The molecule has 0 aliphatic carbocycles. The third kappa shape index (κ3) is 3.85. The number of hydrogen-bond donors (Lipinski definition) is 1. The van der Waals surface area contributed by atoms with Gasteiger partial charge in [-0.25, -0.2) is 14.4 Å². The van der Waals surface area contributed by atoms with Gasteiger partial charge in [-0.3, -0.25) is 14.8 Å². The van der Waals surface area contributed by atoms with Crippen molar-refractivity contribution >= 4 is 17.5 Å². The predicted molar refractivity (Wildman–Crippen MR) is 110 cm³/mol. The molecule has 3 aromatic rings. The number of likely N-dealkylation sites (tertiary alicyclic amines) is 1. The number of aromatic nitrogens is 4. The van der Waals surface area contributed by atoms with Crippen LogP contribution >= 0.6 is 0 Å². The molecule has 1 unspecified atom stereocenters. The van der Waals surface area contributed by atoms with Crippen molar-refractivity contribution in [3.63, 3.8) is 0 Å². The molecular formula is C22H23FN6O. The highest BCUT2D eigenvalue weighted by molar-refractivity contribution is 5.88. The quantitative estimate of drug-likeness (QED) is 0.694. The third-order valence-electron chi connectivity index (χ3n) is 5.41. The molecule has 1 fully saturated rings. The van der Waals surface area contributed by atoms with Crippen LogP contribution in [0.2, 0.25) is 0 Å². The molecule has 1 aliphatic heterocycles. The summed E-state index contributed by atoms with van der Waals surface area (Å²) in [4.78, 5) is 32.4. The lowest BCUT2D eigenvalue weighted by atomic mass is 9.82. The summed E-state index contributed by atoms with van der Waals surface area (Å²) in [7, 11) is 0. The molecular weight excluding hydrogens is 383 g/mol. The SMILES string of the molecule is CC(C)(C(=O)N1CCCC1c1cncc(Nc2cnccn2)n1)c1ccccc1F. The lowest BCUT2D eigenvalue weighted by molar-refractivity contribution is -0.137. The summed E-state index contributed by atoms with van der Waals surface area (Å²) in [5.41, 5.74) is 0.0977. The van der Waals surface area contributed by atoms with Gasteiger partial charge >= 0.3 is 0 Å². The molecule has 8 heteroatoms. The van der Waals surface area contributed by atoms with Crippen LogP contribution in [0.1, 0.15) is 44.0 Å². The fourth-order valence-corrected chi connectivity index (χ4v) is 3.86. The minimum absolute atomic E-state index is 0.121. The zero-order valence-electron chi connectivity index (χ0n) is 16.9. The number of hydrogen-bond acceptors (Lipinski definition) is 6. The van der Waals surface area contributed by atoms with E-state index in [4.69, 9.17) is 0 Å². The normalized spacial score (nSPS) is 16.5. The molecule has 30 heavy (non-hydrogen) atoms. The van der Waals surface area contributed by atoms with Crippen LogP contribution in [0.15, 0.2) is 55.2 Å². The first kappa shape index (κ1) is 19.9. The van der Waals surface area contributed by atoms with Gasteiger partial charge in [0.1, 0.15) is 17.5 Å². The molecule has 7 nitrogen and oxygen atoms in total. The van der Waals surface area contributed by atoms with Gasteiger partial charge in [-0.05, 0) is 32.8 Å². The summed E-state index contributed by atoms with van der Waals surface area (Å²) >= 11 is 0. The second-order valence-electron chi connectivity index (χ2n) is 7.81. The summed E-state index contributed by atoms with van der Waals surface area (Å²) < 4.78 is 14.4. The van der Waals surface area contributed by atoms with E-state index in [2.05, 4.69) is 25.3 Å². The minimum atomic E-state index is -0.989. The number of benzene rings is 1. The maximum Gasteiger partial charge on any atom is 0.233 e. The third-order valence-corrected chi connectivity index (χ3v) is 5.41. The maximum atomic E-state index is 14.4. The van der Waals surface area contributed by atoms with E-state index < -0.39 is 5.41 Å². The second-order valence-corrected chi connectivity index (χ2v) is 7.81. The summed E-state index contributed by atoms with van der Waals surface area (Å²) in [6.45, 7) is 4.13. The number of nitrogens with one attached hydrogen (secondary N) is 1. The van der Waals surface area contributed by atoms with Crippen LogP contribution in [-0.2, 0) is 10.2 Å². The van der Waals surface area contributed by atoms with E-state index in [9.17, 15) is 9.18 Å². The highest BCUT2D eigenvalue weighted by Gasteiger charge is 2.41. The Balaban J connectivity index is 1.59. The van der Waals surface area contributed by atoms with E-state index >= 15 is 0 Å².